The smallest absolute Gasteiger partial charge is 0.233 e. The Balaban J connectivity index is 1.55. The molecule has 2 saturated carbocycles. The fourth-order valence-corrected chi connectivity index (χ4v) is 4.71. The first-order valence-corrected chi connectivity index (χ1v) is 7.82. The second kappa shape index (κ2) is 4.05. The molecule has 3 atom stereocenters. The van der Waals surface area contributed by atoms with E-state index < -0.39 is 0 Å². The van der Waals surface area contributed by atoms with Gasteiger partial charge in [-0.2, -0.15) is 0 Å². The third kappa shape index (κ3) is 1.62. The summed E-state index contributed by atoms with van der Waals surface area (Å²) in [5, 5.41) is 3.62. The van der Waals surface area contributed by atoms with Gasteiger partial charge in [0, 0.05) is 11.6 Å². The number of hydrogen-bond donors (Lipinski definition) is 1. The van der Waals surface area contributed by atoms with Crippen molar-refractivity contribution in [1.82, 2.24) is 10.2 Å². The lowest BCUT2D eigenvalue weighted by Gasteiger charge is -2.49. The normalized spacial score (nSPS) is 40.6. The van der Waals surface area contributed by atoms with Crippen LogP contribution < -0.4 is 5.32 Å². The summed E-state index contributed by atoms with van der Waals surface area (Å²) in [5.74, 6) is 0.349. The van der Waals surface area contributed by atoms with Gasteiger partial charge in [0.2, 0.25) is 11.8 Å². The summed E-state index contributed by atoms with van der Waals surface area (Å²) in [6.45, 7) is 0.955. The molecule has 2 aliphatic heterocycles. The number of hydrogen-bond acceptors (Lipinski definition) is 3. The van der Waals surface area contributed by atoms with Crippen LogP contribution in [0.4, 0.5) is 0 Å². The van der Waals surface area contributed by atoms with Crippen molar-refractivity contribution in [3.8, 4) is 0 Å². The van der Waals surface area contributed by atoms with E-state index in [0.717, 1.165) is 38.6 Å². The number of carbonyl (C=O) groups is 2. The maximum absolute atomic E-state index is 12.5. The van der Waals surface area contributed by atoms with Crippen molar-refractivity contribution in [2.45, 2.75) is 62.9 Å². The third-order valence-electron chi connectivity index (χ3n) is 5.90. The second-order valence-electron chi connectivity index (χ2n) is 6.90. The van der Waals surface area contributed by atoms with Crippen LogP contribution >= 0.6 is 0 Å². The summed E-state index contributed by atoms with van der Waals surface area (Å²) in [6.07, 6.45) is 8.56. The van der Waals surface area contributed by atoms with Crippen molar-refractivity contribution in [2.24, 2.45) is 11.8 Å². The van der Waals surface area contributed by atoms with Crippen LogP contribution in [0.3, 0.4) is 0 Å². The molecule has 104 valence electrons. The fraction of sp³-hybridized carbons (Fsp3) is 0.867. The Bertz CT molecular complexity index is 408. The largest absolute Gasteiger partial charge is 0.311 e. The molecule has 0 aromatic heterocycles. The van der Waals surface area contributed by atoms with Crippen molar-refractivity contribution < 1.29 is 9.59 Å². The summed E-state index contributed by atoms with van der Waals surface area (Å²) in [4.78, 5) is 26.7. The predicted octanol–water partition coefficient (Wildman–Crippen LogP) is 1.45. The number of amides is 2. The van der Waals surface area contributed by atoms with Crippen LogP contribution in [0.15, 0.2) is 0 Å². The minimum absolute atomic E-state index is 0.0275. The molecule has 2 heterocycles. The predicted molar refractivity (Wildman–Crippen MR) is 70.3 cm³/mol. The lowest BCUT2D eigenvalue weighted by molar-refractivity contribution is -0.144. The van der Waals surface area contributed by atoms with Gasteiger partial charge < -0.3 is 5.32 Å². The molecule has 3 unspecified atom stereocenters. The van der Waals surface area contributed by atoms with Gasteiger partial charge in [0.1, 0.15) is 0 Å². The Kier molecular flexibility index (Phi) is 2.53. The highest BCUT2D eigenvalue weighted by molar-refractivity contribution is 6.05. The van der Waals surface area contributed by atoms with Crippen LogP contribution in [0.25, 0.3) is 0 Å². The van der Waals surface area contributed by atoms with Crippen LogP contribution in [-0.4, -0.2) is 34.8 Å². The zero-order valence-corrected chi connectivity index (χ0v) is 11.4. The quantitative estimate of drug-likeness (QED) is 0.728. The molecule has 1 N–H and O–H groups in total. The Morgan fingerprint density at radius 2 is 1.68 bits per heavy atom. The van der Waals surface area contributed by atoms with Crippen LogP contribution in [0.5, 0.6) is 0 Å². The number of carbonyl (C=O) groups excluding carboxylic acids is 2. The standard InChI is InChI=1S/C15H22N2O2/c18-13-11-3-1-4-12(11)14(19)17(13)10-5-8-16-15(9-10)6-2-7-15/h10-12,16H,1-9H2. The molecular weight excluding hydrogens is 240 g/mol. The minimum Gasteiger partial charge on any atom is -0.311 e. The molecule has 4 rings (SSSR count). The number of rotatable bonds is 1. The fourth-order valence-electron chi connectivity index (χ4n) is 4.71. The summed E-state index contributed by atoms with van der Waals surface area (Å²) in [6, 6.07) is 0.173. The molecule has 2 amide bonds. The van der Waals surface area contributed by atoms with Crippen LogP contribution in [0, 0.1) is 11.8 Å². The van der Waals surface area contributed by atoms with E-state index in [9.17, 15) is 9.59 Å². The molecule has 4 fully saturated rings. The van der Waals surface area contributed by atoms with Gasteiger partial charge in [0.25, 0.3) is 0 Å². The highest BCUT2D eigenvalue weighted by Crippen LogP contribution is 2.44. The molecule has 4 aliphatic rings. The average Bonchev–Trinajstić information content (AvgIpc) is 2.93. The third-order valence-corrected chi connectivity index (χ3v) is 5.90. The Labute approximate surface area is 113 Å². The number of fused-ring (bicyclic) bond motifs is 1. The first-order valence-electron chi connectivity index (χ1n) is 7.82. The molecule has 0 radical (unpaired) electrons. The van der Waals surface area contributed by atoms with Gasteiger partial charge in [-0.25, -0.2) is 0 Å². The van der Waals surface area contributed by atoms with E-state index in [1.165, 1.54) is 19.3 Å². The lowest BCUT2D eigenvalue weighted by atomic mass is 9.70. The number of likely N-dealkylation sites (tertiary alicyclic amines) is 1. The molecule has 2 aliphatic carbocycles. The Hall–Kier alpha value is -0.900. The monoisotopic (exact) mass is 262 g/mol. The van der Waals surface area contributed by atoms with Gasteiger partial charge in [-0.05, 0) is 51.5 Å². The lowest BCUT2D eigenvalue weighted by Crippen LogP contribution is -2.60. The zero-order chi connectivity index (χ0) is 13.0. The molecule has 4 nitrogen and oxygen atoms in total. The summed E-state index contributed by atoms with van der Waals surface area (Å²) < 4.78 is 0. The minimum atomic E-state index is 0.0275. The molecule has 4 heteroatoms. The number of nitrogens with one attached hydrogen (secondary N) is 1. The van der Waals surface area contributed by atoms with Crippen molar-refractivity contribution >= 4 is 11.8 Å². The highest BCUT2D eigenvalue weighted by atomic mass is 16.2. The van der Waals surface area contributed by atoms with Gasteiger partial charge >= 0.3 is 0 Å². The zero-order valence-electron chi connectivity index (χ0n) is 11.4. The van der Waals surface area contributed by atoms with E-state index in [1.54, 1.807) is 4.90 Å². The van der Waals surface area contributed by atoms with Crippen molar-refractivity contribution in [2.75, 3.05) is 6.54 Å². The van der Waals surface area contributed by atoms with E-state index in [0.29, 0.717) is 0 Å². The maximum atomic E-state index is 12.5. The summed E-state index contributed by atoms with van der Waals surface area (Å²) in [5.41, 5.74) is 0.251. The van der Waals surface area contributed by atoms with E-state index >= 15 is 0 Å². The van der Waals surface area contributed by atoms with E-state index in [4.69, 9.17) is 0 Å². The van der Waals surface area contributed by atoms with Gasteiger partial charge in [0.15, 0.2) is 0 Å². The van der Waals surface area contributed by atoms with Gasteiger partial charge in [-0.3, -0.25) is 14.5 Å². The Morgan fingerprint density at radius 1 is 1.00 bits per heavy atom. The summed E-state index contributed by atoms with van der Waals surface area (Å²) >= 11 is 0. The molecule has 0 aromatic carbocycles. The van der Waals surface area contributed by atoms with Crippen LogP contribution in [0.1, 0.15) is 51.4 Å². The molecule has 2 saturated heterocycles. The molecule has 19 heavy (non-hydrogen) atoms. The number of imide groups is 1. The van der Waals surface area contributed by atoms with Crippen LogP contribution in [-0.2, 0) is 9.59 Å². The molecular formula is C15H22N2O2. The summed E-state index contributed by atoms with van der Waals surface area (Å²) in [7, 11) is 0. The van der Waals surface area contributed by atoms with Crippen molar-refractivity contribution in [1.29, 1.82) is 0 Å². The van der Waals surface area contributed by atoms with Gasteiger partial charge in [0.05, 0.1) is 11.8 Å². The van der Waals surface area contributed by atoms with Crippen molar-refractivity contribution in [3.63, 3.8) is 0 Å². The van der Waals surface area contributed by atoms with E-state index in [1.807, 2.05) is 0 Å². The average molecular weight is 262 g/mol. The second-order valence-corrected chi connectivity index (χ2v) is 6.90. The highest BCUT2D eigenvalue weighted by Gasteiger charge is 2.53. The molecule has 0 bridgehead atoms. The molecule has 0 aromatic rings. The first-order chi connectivity index (χ1) is 9.20. The number of nitrogens with zero attached hydrogens (tertiary/aromatic N) is 1. The van der Waals surface area contributed by atoms with Crippen LogP contribution in [0.2, 0.25) is 0 Å². The van der Waals surface area contributed by atoms with Gasteiger partial charge in [-0.15, -0.1) is 0 Å². The van der Waals surface area contributed by atoms with Gasteiger partial charge in [-0.1, -0.05) is 6.42 Å². The Morgan fingerprint density at radius 3 is 2.26 bits per heavy atom. The first kappa shape index (κ1) is 11.9. The number of piperidine rings is 1. The SMILES string of the molecule is O=C1C2CCCC2C(=O)N1C1CCNC2(CCC2)C1. The topological polar surface area (TPSA) is 49.4 Å². The maximum Gasteiger partial charge on any atom is 0.233 e. The van der Waals surface area contributed by atoms with Crippen molar-refractivity contribution in [3.05, 3.63) is 0 Å². The molecule has 1 spiro atoms. The van der Waals surface area contributed by atoms with E-state index in [-0.39, 0.29) is 35.2 Å². The van der Waals surface area contributed by atoms with E-state index in [2.05, 4.69) is 5.32 Å².